The fourth-order valence-electron chi connectivity index (χ4n) is 8.61. The van der Waals surface area contributed by atoms with Crippen LogP contribution >= 0.6 is 0 Å². The average Bonchev–Trinajstić information content (AvgIpc) is 3.07. The van der Waals surface area contributed by atoms with Crippen LogP contribution in [0.15, 0.2) is 97.1 Å². The third-order valence-corrected chi connectivity index (χ3v) is 11.1. The van der Waals surface area contributed by atoms with Crippen molar-refractivity contribution in [3.63, 3.8) is 0 Å². The third kappa shape index (κ3) is 6.26. The minimum Gasteiger partial charge on any atom is -0.507 e. The monoisotopic (exact) mass is 572 g/mol. The lowest BCUT2D eigenvalue weighted by Gasteiger charge is -2.37. The van der Waals surface area contributed by atoms with Gasteiger partial charge in [0.15, 0.2) is 0 Å². The molecule has 0 aromatic heterocycles. The molecule has 2 fully saturated rings. The molecule has 224 valence electrons. The van der Waals surface area contributed by atoms with E-state index in [1.54, 1.807) is 0 Å². The van der Waals surface area contributed by atoms with Gasteiger partial charge < -0.3 is 10.2 Å². The Morgan fingerprint density at radius 2 is 0.907 bits per heavy atom. The highest BCUT2D eigenvalue weighted by molar-refractivity contribution is 5.50. The van der Waals surface area contributed by atoms with Crippen molar-refractivity contribution >= 4 is 0 Å². The third-order valence-electron chi connectivity index (χ3n) is 11.1. The first-order valence-corrected chi connectivity index (χ1v) is 16.7. The van der Waals surface area contributed by atoms with Crippen molar-refractivity contribution in [1.82, 2.24) is 0 Å². The van der Waals surface area contributed by atoms with E-state index in [9.17, 15) is 10.2 Å². The summed E-state index contributed by atoms with van der Waals surface area (Å²) in [5, 5.41) is 23.5. The van der Waals surface area contributed by atoms with Crippen LogP contribution < -0.4 is 0 Å². The summed E-state index contributed by atoms with van der Waals surface area (Å²) in [7, 11) is 0. The molecule has 2 aliphatic carbocycles. The maximum atomic E-state index is 11.7. The summed E-state index contributed by atoms with van der Waals surface area (Å²) in [6, 6.07) is 34.3. The lowest BCUT2D eigenvalue weighted by atomic mass is 9.68. The largest absolute Gasteiger partial charge is 0.507 e. The lowest BCUT2D eigenvalue weighted by Crippen LogP contribution is -2.23. The number of rotatable bonds is 8. The van der Waals surface area contributed by atoms with Gasteiger partial charge in [0.1, 0.15) is 11.5 Å². The molecule has 4 aromatic carbocycles. The highest BCUT2D eigenvalue weighted by Crippen LogP contribution is 2.50. The summed E-state index contributed by atoms with van der Waals surface area (Å²) >= 11 is 0. The quantitative estimate of drug-likeness (QED) is 0.220. The summed E-state index contributed by atoms with van der Waals surface area (Å²) in [5.74, 6) is 3.43. The van der Waals surface area contributed by atoms with Crippen LogP contribution in [0.25, 0.3) is 0 Å². The first kappa shape index (κ1) is 29.5. The van der Waals surface area contributed by atoms with Crippen LogP contribution in [0.2, 0.25) is 0 Å². The summed E-state index contributed by atoms with van der Waals surface area (Å²) in [4.78, 5) is 0. The van der Waals surface area contributed by atoms with Crippen LogP contribution in [0.4, 0.5) is 0 Å². The van der Waals surface area contributed by atoms with Gasteiger partial charge >= 0.3 is 0 Å². The van der Waals surface area contributed by atoms with E-state index in [1.807, 2.05) is 12.1 Å². The first-order valence-electron chi connectivity index (χ1n) is 16.7. The van der Waals surface area contributed by atoms with Gasteiger partial charge in [-0.25, -0.2) is 0 Å². The van der Waals surface area contributed by atoms with Crippen molar-refractivity contribution in [3.8, 4) is 11.5 Å². The Morgan fingerprint density at radius 1 is 0.512 bits per heavy atom. The second-order valence-corrected chi connectivity index (χ2v) is 13.4. The van der Waals surface area contributed by atoms with E-state index in [4.69, 9.17) is 0 Å². The molecule has 0 amide bonds. The van der Waals surface area contributed by atoms with Crippen molar-refractivity contribution in [2.24, 2.45) is 11.8 Å². The van der Waals surface area contributed by atoms with E-state index in [0.29, 0.717) is 53.4 Å². The van der Waals surface area contributed by atoms with Gasteiger partial charge in [-0.05, 0) is 94.6 Å². The summed E-state index contributed by atoms with van der Waals surface area (Å²) in [6.45, 7) is 4.72. The van der Waals surface area contributed by atoms with Crippen LogP contribution in [0.5, 0.6) is 11.5 Å². The summed E-state index contributed by atoms with van der Waals surface area (Å²) < 4.78 is 0. The number of phenolic OH excluding ortho intramolecular Hbond substituents is 2. The fraction of sp³-hybridized carbons (Fsp3) is 0.415. The van der Waals surface area contributed by atoms with E-state index >= 15 is 0 Å². The number of hydrogen-bond donors (Lipinski definition) is 2. The zero-order valence-corrected chi connectivity index (χ0v) is 26.0. The Balaban J connectivity index is 1.27. The maximum absolute atomic E-state index is 11.7. The molecule has 6 unspecified atom stereocenters. The SMILES string of the molecule is CC(c1ccccc1)C1CCCCC1c1cccc(Cc2cccc(C3CCCCC3C(C)c3ccccc3)c2O)c1O. The second kappa shape index (κ2) is 13.4. The van der Waals surface area contributed by atoms with E-state index < -0.39 is 0 Å². The molecule has 0 radical (unpaired) electrons. The Morgan fingerprint density at radius 3 is 1.33 bits per heavy atom. The number of aromatic hydroxyl groups is 2. The molecule has 0 spiro atoms. The van der Waals surface area contributed by atoms with E-state index in [0.717, 1.165) is 35.1 Å². The standard InChI is InChI=1S/C41H48O2/c1-28(30-15-5-3-6-16-30)34-21-9-11-23-36(34)38-25-13-19-32(40(38)42)27-33-20-14-26-39(41(33)43)37-24-12-10-22-35(37)29(2)31-17-7-4-8-18-31/h3-8,13-20,25-26,28-29,34-37,42-43H,9-12,21-24,27H2,1-2H3. The van der Waals surface area contributed by atoms with Crippen LogP contribution in [-0.2, 0) is 6.42 Å². The first-order chi connectivity index (χ1) is 21.0. The predicted octanol–water partition coefficient (Wildman–Crippen LogP) is 10.8. The molecule has 6 rings (SSSR count). The van der Waals surface area contributed by atoms with Gasteiger partial charge in [0.2, 0.25) is 0 Å². The molecular formula is C41H48O2. The number of para-hydroxylation sites is 2. The maximum Gasteiger partial charge on any atom is 0.122 e. The Kier molecular flexibility index (Phi) is 9.22. The van der Waals surface area contributed by atoms with Gasteiger partial charge in [-0.15, -0.1) is 0 Å². The molecule has 0 bridgehead atoms. The topological polar surface area (TPSA) is 40.5 Å². The molecule has 0 aliphatic heterocycles. The molecule has 2 N–H and O–H groups in total. The molecule has 2 nitrogen and oxygen atoms in total. The molecule has 0 saturated heterocycles. The number of benzene rings is 4. The van der Waals surface area contributed by atoms with Gasteiger partial charge in [0, 0.05) is 6.42 Å². The Labute approximate surface area is 258 Å². The molecule has 2 heteroatoms. The highest BCUT2D eigenvalue weighted by Gasteiger charge is 2.35. The van der Waals surface area contributed by atoms with Gasteiger partial charge in [0.25, 0.3) is 0 Å². The van der Waals surface area contributed by atoms with Crippen molar-refractivity contribution in [1.29, 1.82) is 0 Å². The molecule has 6 atom stereocenters. The van der Waals surface area contributed by atoms with Crippen molar-refractivity contribution < 1.29 is 10.2 Å². The highest BCUT2D eigenvalue weighted by atomic mass is 16.3. The van der Waals surface area contributed by atoms with E-state index in [-0.39, 0.29) is 0 Å². The number of hydrogen-bond acceptors (Lipinski definition) is 2. The van der Waals surface area contributed by atoms with Crippen LogP contribution in [0.3, 0.4) is 0 Å². The van der Waals surface area contributed by atoms with Crippen molar-refractivity contribution in [3.05, 3.63) is 130 Å². The fourth-order valence-corrected chi connectivity index (χ4v) is 8.61. The number of phenols is 2. The molecular weight excluding hydrogens is 524 g/mol. The van der Waals surface area contributed by atoms with Crippen LogP contribution in [0.1, 0.15) is 122 Å². The molecule has 43 heavy (non-hydrogen) atoms. The smallest absolute Gasteiger partial charge is 0.122 e. The second-order valence-electron chi connectivity index (χ2n) is 13.4. The van der Waals surface area contributed by atoms with Crippen LogP contribution in [0, 0.1) is 11.8 Å². The zero-order valence-electron chi connectivity index (χ0n) is 26.0. The Hall–Kier alpha value is -3.52. The molecule has 0 heterocycles. The predicted molar refractivity (Wildman–Crippen MR) is 178 cm³/mol. The van der Waals surface area contributed by atoms with Gasteiger partial charge in [-0.1, -0.05) is 137 Å². The van der Waals surface area contributed by atoms with Crippen molar-refractivity contribution in [2.45, 2.75) is 95.3 Å². The normalized spacial score (nSPS) is 23.9. The minimum absolute atomic E-state index is 0.339. The average molecular weight is 573 g/mol. The Bertz CT molecular complexity index is 1360. The van der Waals surface area contributed by atoms with Gasteiger partial charge in [-0.2, -0.15) is 0 Å². The van der Waals surface area contributed by atoms with Crippen molar-refractivity contribution in [2.75, 3.05) is 0 Å². The zero-order chi connectivity index (χ0) is 29.8. The summed E-state index contributed by atoms with van der Waals surface area (Å²) in [6.07, 6.45) is 10.1. The minimum atomic E-state index is 0.339. The molecule has 4 aromatic rings. The lowest BCUT2D eigenvalue weighted by molar-refractivity contribution is 0.265. The molecule has 2 saturated carbocycles. The van der Waals surface area contributed by atoms with Gasteiger partial charge in [0.05, 0.1) is 0 Å². The molecule has 2 aliphatic rings. The van der Waals surface area contributed by atoms with Gasteiger partial charge in [-0.3, -0.25) is 0 Å². The van der Waals surface area contributed by atoms with Crippen LogP contribution in [-0.4, -0.2) is 10.2 Å². The summed E-state index contributed by atoms with van der Waals surface area (Å²) in [5.41, 5.74) is 6.78. The van der Waals surface area contributed by atoms with E-state index in [2.05, 4.69) is 98.8 Å². The van der Waals surface area contributed by atoms with E-state index in [1.165, 1.54) is 49.7 Å².